The molecule has 0 aliphatic heterocycles. The zero-order valence-electron chi connectivity index (χ0n) is 14.9. The third-order valence-electron chi connectivity index (χ3n) is 4.93. The molecule has 1 aromatic heterocycles. The number of aromatic nitrogens is 3. The van der Waals surface area contributed by atoms with Crippen LogP contribution in [-0.2, 0) is 24.4 Å². The summed E-state index contributed by atoms with van der Waals surface area (Å²) < 4.78 is 1.87. The third-order valence-corrected chi connectivity index (χ3v) is 4.93. The first kappa shape index (κ1) is 16.5. The van der Waals surface area contributed by atoms with E-state index in [-0.39, 0.29) is 5.92 Å². The molecule has 5 nitrogen and oxygen atoms in total. The lowest BCUT2D eigenvalue weighted by Crippen LogP contribution is -2.28. The average Bonchev–Trinajstić information content (AvgIpc) is 3.17. The Morgan fingerprint density at radius 3 is 2.85 bits per heavy atom. The van der Waals surface area contributed by atoms with E-state index < -0.39 is 0 Å². The van der Waals surface area contributed by atoms with Crippen molar-refractivity contribution in [1.29, 1.82) is 0 Å². The summed E-state index contributed by atoms with van der Waals surface area (Å²) in [6.07, 6.45) is 5.42. The standard InChI is InChI=1S/C21H22N4O/c1-16-6-5-9-20-19(16)11-10-18(12-25-15-22-14-23-25)21(20)24-26-13-17-7-3-2-4-8-17/h2-9,14-15,18H,10-13H2,1H3/b24-21-. The van der Waals surface area contributed by atoms with Crippen LogP contribution in [0.25, 0.3) is 0 Å². The Bertz CT molecular complexity index is 888. The number of hydrogen-bond donors (Lipinski definition) is 0. The second kappa shape index (κ2) is 7.52. The van der Waals surface area contributed by atoms with Crippen LogP contribution in [0.2, 0.25) is 0 Å². The van der Waals surface area contributed by atoms with Gasteiger partial charge in [-0.1, -0.05) is 53.7 Å². The minimum absolute atomic E-state index is 0.266. The van der Waals surface area contributed by atoms with Gasteiger partial charge in [0.2, 0.25) is 0 Å². The normalized spacial score (nSPS) is 17.9. The summed E-state index contributed by atoms with van der Waals surface area (Å²) in [5.41, 5.74) is 6.03. The third kappa shape index (κ3) is 3.52. The molecule has 0 radical (unpaired) electrons. The molecule has 1 unspecified atom stereocenters. The van der Waals surface area contributed by atoms with Crippen LogP contribution in [0.4, 0.5) is 0 Å². The van der Waals surface area contributed by atoms with Crippen molar-refractivity contribution in [2.75, 3.05) is 0 Å². The molecular formula is C21H22N4O. The molecule has 0 fully saturated rings. The molecule has 0 saturated carbocycles. The van der Waals surface area contributed by atoms with Crippen LogP contribution in [0, 0.1) is 12.8 Å². The van der Waals surface area contributed by atoms with Gasteiger partial charge in [0, 0.05) is 11.5 Å². The maximum absolute atomic E-state index is 5.75. The molecular weight excluding hydrogens is 324 g/mol. The molecule has 0 bridgehead atoms. The van der Waals surface area contributed by atoms with Crippen LogP contribution >= 0.6 is 0 Å². The van der Waals surface area contributed by atoms with Crippen LogP contribution in [0.1, 0.15) is 28.7 Å². The highest BCUT2D eigenvalue weighted by molar-refractivity contribution is 6.04. The fourth-order valence-corrected chi connectivity index (χ4v) is 3.55. The van der Waals surface area contributed by atoms with Crippen molar-refractivity contribution < 1.29 is 4.84 Å². The molecule has 1 atom stereocenters. The van der Waals surface area contributed by atoms with Gasteiger partial charge in [-0.15, -0.1) is 0 Å². The van der Waals surface area contributed by atoms with Crippen LogP contribution in [0.3, 0.4) is 0 Å². The number of nitrogens with zero attached hydrogens (tertiary/aromatic N) is 4. The highest BCUT2D eigenvalue weighted by atomic mass is 16.6. The Labute approximate surface area is 153 Å². The van der Waals surface area contributed by atoms with Gasteiger partial charge in [-0.05, 0) is 36.5 Å². The van der Waals surface area contributed by atoms with Crippen molar-refractivity contribution >= 4 is 5.71 Å². The SMILES string of the molecule is Cc1cccc2c1CCC(Cn1cncn1)/C2=N/OCc1ccccc1. The first-order chi connectivity index (χ1) is 12.8. The lowest BCUT2D eigenvalue weighted by molar-refractivity contribution is 0.128. The number of aryl methyl sites for hydroxylation is 1. The largest absolute Gasteiger partial charge is 0.391 e. The van der Waals surface area contributed by atoms with Crippen LogP contribution in [-0.4, -0.2) is 20.5 Å². The number of benzene rings is 2. The molecule has 3 aromatic rings. The van der Waals surface area contributed by atoms with Crippen molar-refractivity contribution in [3.05, 3.63) is 83.4 Å². The summed E-state index contributed by atoms with van der Waals surface area (Å²) in [4.78, 5) is 9.80. The molecule has 0 spiro atoms. The summed E-state index contributed by atoms with van der Waals surface area (Å²) in [6.45, 7) is 3.40. The van der Waals surface area contributed by atoms with Crippen molar-refractivity contribution in [2.45, 2.75) is 32.9 Å². The Hall–Kier alpha value is -2.95. The first-order valence-corrected chi connectivity index (χ1v) is 8.96. The van der Waals surface area contributed by atoms with E-state index in [9.17, 15) is 0 Å². The van der Waals surface area contributed by atoms with Crippen LogP contribution in [0.15, 0.2) is 66.3 Å². The van der Waals surface area contributed by atoms with Gasteiger partial charge >= 0.3 is 0 Å². The summed E-state index contributed by atoms with van der Waals surface area (Å²) in [6, 6.07) is 16.5. The highest BCUT2D eigenvalue weighted by Crippen LogP contribution is 2.29. The monoisotopic (exact) mass is 346 g/mol. The molecule has 132 valence electrons. The topological polar surface area (TPSA) is 52.3 Å². The average molecular weight is 346 g/mol. The van der Waals surface area contributed by atoms with Gasteiger partial charge in [-0.2, -0.15) is 5.10 Å². The van der Waals surface area contributed by atoms with Crippen molar-refractivity contribution in [1.82, 2.24) is 14.8 Å². The lowest BCUT2D eigenvalue weighted by atomic mass is 9.80. The number of oxime groups is 1. The summed E-state index contributed by atoms with van der Waals surface area (Å²) in [7, 11) is 0. The maximum Gasteiger partial charge on any atom is 0.142 e. The summed E-state index contributed by atoms with van der Waals surface area (Å²) in [5.74, 6) is 0.266. The Kier molecular flexibility index (Phi) is 4.78. The molecule has 5 heteroatoms. The second-order valence-electron chi connectivity index (χ2n) is 6.69. The van der Waals surface area contributed by atoms with Gasteiger partial charge < -0.3 is 4.84 Å². The predicted octanol–water partition coefficient (Wildman–Crippen LogP) is 3.77. The zero-order chi connectivity index (χ0) is 17.8. The Morgan fingerprint density at radius 1 is 1.15 bits per heavy atom. The molecule has 1 heterocycles. The first-order valence-electron chi connectivity index (χ1n) is 8.96. The van der Waals surface area contributed by atoms with E-state index in [0.29, 0.717) is 6.61 Å². The van der Waals surface area contributed by atoms with E-state index >= 15 is 0 Å². The van der Waals surface area contributed by atoms with Crippen LogP contribution < -0.4 is 0 Å². The second-order valence-corrected chi connectivity index (χ2v) is 6.69. The summed E-state index contributed by atoms with van der Waals surface area (Å²) in [5, 5.41) is 8.83. The molecule has 1 aliphatic rings. The fourth-order valence-electron chi connectivity index (χ4n) is 3.55. The Morgan fingerprint density at radius 2 is 2.04 bits per heavy atom. The van der Waals surface area contributed by atoms with E-state index in [4.69, 9.17) is 4.84 Å². The van der Waals surface area contributed by atoms with E-state index in [1.165, 1.54) is 16.7 Å². The molecule has 2 aromatic carbocycles. The van der Waals surface area contributed by atoms with E-state index in [1.54, 1.807) is 12.7 Å². The van der Waals surface area contributed by atoms with Gasteiger partial charge in [-0.25, -0.2) is 4.98 Å². The molecule has 4 rings (SSSR count). The maximum atomic E-state index is 5.75. The minimum Gasteiger partial charge on any atom is -0.391 e. The van der Waals surface area contributed by atoms with Gasteiger partial charge in [-0.3, -0.25) is 4.68 Å². The quantitative estimate of drug-likeness (QED) is 0.661. The molecule has 1 aliphatic carbocycles. The van der Waals surface area contributed by atoms with E-state index in [1.807, 2.05) is 35.0 Å². The smallest absolute Gasteiger partial charge is 0.142 e. The van der Waals surface area contributed by atoms with E-state index in [2.05, 4.69) is 40.4 Å². The molecule has 0 N–H and O–H groups in total. The van der Waals surface area contributed by atoms with Gasteiger partial charge in [0.05, 0.1) is 12.3 Å². The van der Waals surface area contributed by atoms with Gasteiger partial charge in [0.1, 0.15) is 19.3 Å². The molecule has 0 amide bonds. The number of hydrogen-bond acceptors (Lipinski definition) is 4. The predicted molar refractivity (Wildman–Crippen MR) is 101 cm³/mol. The minimum atomic E-state index is 0.266. The lowest BCUT2D eigenvalue weighted by Gasteiger charge is -2.27. The molecule has 0 saturated heterocycles. The van der Waals surface area contributed by atoms with Gasteiger partial charge in [0.25, 0.3) is 0 Å². The van der Waals surface area contributed by atoms with Crippen LogP contribution in [0.5, 0.6) is 0 Å². The zero-order valence-corrected chi connectivity index (χ0v) is 14.9. The van der Waals surface area contributed by atoms with Crippen molar-refractivity contribution in [2.24, 2.45) is 11.1 Å². The summed E-state index contributed by atoms with van der Waals surface area (Å²) >= 11 is 0. The fraction of sp³-hybridized carbons (Fsp3) is 0.286. The number of fused-ring (bicyclic) bond motifs is 1. The highest BCUT2D eigenvalue weighted by Gasteiger charge is 2.27. The van der Waals surface area contributed by atoms with E-state index in [0.717, 1.165) is 30.7 Å². The molecule has 26 heavy (non-hydrogen) atoms. The van der Waals surface area contributed by atoms with Crippen molar-refractivity contribution in [3.63, 3.8) is 0 Å². The number of rotatable bonds is 5. The van der Waals surface area contributed by atoms with Gasteiger partial charge in [0.15, 0.2) is 0 Å². The Balaban J connectivity index is 1.61. The van der Waals surface area contributed by atoms with Crippen molar-refractivity contribution in [3.8, 4) is 0 Å².